The summed E-state index contributed by atoms with van der Waals surface area (Å²) in [7, 11) is 1.54. The van der Waals surface area contributed by atoms with Crippen molar-refractivity contribution in [1.29, 1.82) is 0 Å². The number of hydrogen-bond acceptors (Lipinski definition) is 6. The molecule has 0 saturated heterocycles. The first kappa shape index (κ1) is 23.3. The minimum atomic E-state index is -0.695. The molecule has 30 heavy (non-hydrogen) atoms. The summed E-state index contributed by atoms with van der Waals surface area (Å²) in [5.74, 6) is -0.223. The van der Waals surface area contributed by atoms with Gasteiger partial charge in [-0.3, -0.25) is 10.1 Å². The van der Waals surface area contributed by atoms with Crippen molar-refractivity contribution in [1.82, 2.24) is 10.6 Å². The molecule has 0 heterocycles. The van der Waals surface area contributed by atoms with Gasteiger partial charge in [0.2, 0.25) is 0 Å². The molecule has 2 N–H and O–H groups in total. The molecule has 0 bridgehead atoms. The lowest BCUT2D eigenvalue weighted by Crippen LogP contribution is -2.46. The fraction of sp³-hybridized carbons (Fsp3) is 0.500. The van der Waals surface area contributed by atoms with Gasteiger partial charge in [-0.15, -0.1) is 0 Å². The van der Waals surface area contributed by atoms with Crippen LogP contribution in [-0.2, 0) is 14.3 Å². The molecule has 164 valence electrons. The number of nitrogens with one attached hydrogen (secondary N) is 2. The lowest BCUT2D eigenvalue weighted by atomic mass is 9.96. The van der Waals surface area contributed by atoms with E-state index < -0.39 is 24.5 Å². The fourth-order valence-electron chi connectivity index (χ4n) is 3.12. The van der Waals surface area contributed by atoms with Gasteiger partial charge in [0.05, 0.1) is 13.2 Å². The van der Waals surface area contributed by atoms with E-state index in [4.69, 9.17) is 14.2 Å². The third-order valence-electron chi connectivity index (χ3n) is 4.50. The average Bonchev–Trinajstić information content (AvgIpc) is 2.71. The molecule has 0 radical (unpaired) electrons. The highest BCUT2D eigenvalue weighted by Gasteiger charge is 2.17. The first-order valence-corrected chi connectivity index (χ1v) is 10.2. The Labute approximate surface area is 176 Å². The number of hydrogen-bond donors (Lipinski definition) is 2. The van der Waals surface area contributed by atoms with E-state index in [1.54, 1.807) is 18.2 Å². The van der Waals surface area contributed by atoms with E-state index in [9.17, 15) is 14.4 Å². The van der Waals surface area contributed by atoms with Gasteiger partial charge < -0.3 is 19.5 Å². The van der Waals surface area contributed by atoms with Crippen LogP contribution in [0.3, 0.4) is 0 Å². The topological polar surface area (TPSA) is 103 Å². The van der Waals surface area contributed by atoms with Crippen molar-refractivity contribution in [2.24, 2.45) is 0 Å². The largest absolute Gasteiger partial charge is 0.493 e. The Hall–Kier alpha value is -3.03. The molecule has 2 rings (SSSR count). The zero-order valence-corrected chi connectivity index (χ0v) is 17.7. The lowest BCUT2D eigenvalue weighted by Gasteiger charge is -2.22. The van der Waals surface area contributed by atoms with Crippen LogP contribution in [0, 0.1) is 0 Å². The van der Waals surface area contributed by atoms with E-state index in [-0.39, 0.29) is 12.1 Å². The van der Waals surface area contributed by atoms with Gasteiger partial charge in [0.1, 0.15) is 0 Å². The minimum absolute atomic E-state index is 0.00571. The van der Waals surface area contributed by atoms with Gasteiger partial charge in [-0.05, 0) is 50.5 Å². The first-order valence-electron chi connectivity index (χ1n) is 10.2. The van der Waals surface area contributed by atoms with Crippen molar-refractivity contribution >= 4 is 24.0 Å². The number of urea groups is 1. The molecule has 1 fully saturated rings. The Kier molecular flexibility index (Phi) is 9.18. The molecule has 0 aromatic heterocycles. The van der Waals surface area contributed by atoms with Crippen LogP contribution in [0.2, 0.25) is 0 Å². The Bertz CT molecular complexity index is 769. The Morgan fingerprint density at radius 1 is 1.13 bits per heavy atom. The van der Waals surface area contributed by atoms with Crippen LogP contribution >= 0.6 is 0 Å². The first-order chi connectivity index (χ1) is 14.4. The fourth-order valence-corrected chi connectivity index (χ4v) is 3.12. The van der Waals surface area contributed by atoms with E-state index >= 15 is 0 Å². The smallest absolute Gasteiger partial charge is 0.331 e. The van der Waals surface area contributed by atoms with E-state index in [2.05, 4.69) is 10.6 Å². The Morgan fingerprint density at radius 2 is 1.87 bits per heavy atom. The molecule has 1 saturated carbocycles. The molecule has 8 heteroatoms. The molecule has 8 nitrogen and oxygen atoms in total. The van der Waals surface area contributed by atoms with Crippen LogP contribution in [0.4, 0.5) is 4.79 Å². The van der Waals surface area contributed by atoms with Crippen LogP contribution < -0.4 is 20.1 Å². The lowest BCUT2D eigenvalue weighted by molar-refractivity contribution is -0.143. The summed E-state index contributed by atoms with van der Waals surface area (Å²) in [4.78, 5) is 35.4. The van der Waals surface area contributed by atoms with Crippen molar-refractivity contribution in [3.63, 3.8) is 0 Å². The number of ether oxygens (including phenoxy) is 3. The number of rotatable bonds is 8. The SMILES string of the molecule is COc1cc(/C=C/C(=O)OCC(=O)NC(=O)NC2CCCCC2)ccc1OC(C)C. The molecule has 3 amide bonds. The monoisotopic (exact) mass is 418 g/mol. The molecular formula is C22H30N2O6. The predicted molar refractivity (Wildman–Crippen MR) is 112 cm³/mol. The summed E-state index contributed by atoms with van der Waals surface area (Å²) in [6, 6.07) is 4.78. The maximum Gasteiger partial charge on any atom is 0.331 e. The van der Waals surface area contributed by atoms with Crippen molar-refractivity contribution in [3.05, 3.63) is 29.8 Å². The minimum Gasteiger partial charge on any atom is -0.493 e. The second kappa shape index (κ2) is 11.8. The Morgan fingerprint density at radius 3 is 2.53 bits per heavy atom. The van der Waals surface area contributed by atoms with Gasteiger partial charge >= 0.3 is 12.0 Å². The van der Waals surface area contributed by atoms with Gasteiger partial charge in [0, 0.05) is 12.1 Å². The quantitative estimate of drug-likeness (QED) is 0.496. The molecule has 1 aromatic carbocycles. The van der Waals surface area contributed by atoms with Gasteiger partial charge in [0.15, 0.2) is 18.1 Å². The van der Waals surface area contributed by atoms with Crippen LogP contribution in [0.1, 0.15) is 51.5 Å². The van der Waals surface area contributed by atoms with Crippen LogP contribution in [-0.4, -0.2) is 43.8 Å². The van der Waals surface area contributed by atoms with E-state index in [1.165, 1.54) is 25.7 Å². The van der Waals surface area contributed by atoms with Gasteiger partial charge in [-0.1, -0.05) is 25.3 Å². The summed E-state index contributed by atoms with van der Waals surface area (Å²) in [5.41, 5.74) is 0.705. The summed E-state index contributed by atoms with van der Waals surface area (Å²) >= 11 is 0. The molecule has 0 spiro atoms. The summed E-state index contributed by atoms with van der Waals surface area (Å²) in [5, 5.41) is 4.94. The van der Waals surface area contributed by atoms with E-state index in [1.807, 2.05) is 13.8 Å². The van der Waals surface area contributed by atoms with Gasteiger partial charge in [-0.25, -0.2) is 9.59 Å². The van der Waals surface area contributed by atoms with Crippen LogP contribution in [0.5, 0.6) is 11.5 Å². The number of benzene rings is 1. The van der Waals surface area contributed by atoms with Crippen LogP contribution in [0.25, 0.3) is 6.08 Å². The van der Waals surface area contributed by atoms with Crippen molar-refractivity contribution in [2.75, 3.05) is 13.7 Å². The van der Waals surface area contributed by atoms with Crippen molar-refractivity contribution in [2.45, 2.75) is 58.1 Å². The number of carbonyl (C=O) groups is 3. The highest BCUT2D eigenvalue weighted by Crippen LogP contribution is 2.29. The van der Waals surface area contributed by atoms with E-state index in [0.717, 1.165) is 25.7 Å². The van der Waals surface area contributed by atoms with E-state index in [0.29, 0.717) is 17.1 Å². The Balaban J connectivity index is 1.77. The normalized spacial score (nSPS) is 14.4. The van der Waals surface area contributed by atoms with Crippen LogP contribution in [0.15, 0.2) is 24.3 Å². The standard InChI is InChI=1S/C22H30N2O6/c1-15(2)30-18-11-9-16(13-19(18)28-3)10-12-21(26)29-14-20(25)24-22(27)23-17-7-5-4-6-8-17/h9-13,15,17H,4-8,14H2,1-3H3,(H2,23,24,25,27)/b12-10+. The van der Waals surface area contributed by atoms with Gasteiger partial charge in [0.25, 0.3) is 5.91 Å². The zero-order chi connectivity index (χ0) is 21.9. The number of esters is 1. The number of amides is 3. The molecule has 0 atom stereocenters. The predicted octanol–water partition coefficient (Wildman–Crippen LogP) is 3.20. The number of methoxy groups -OCH3 is 1. The number of imide groups is 1. The number of carbonyl (C=O) groups excluding carboxylic acids is 3. The molecule has 1 aliphatic rings. The molecule has 0 unspecified atom stereocenters. The second-order valence-corrected chi connectivity index (χ2v) is 7.37. The summed E-state index contributed by atoms with van der Waals surface area (Å²) in [6.07, 6.45) is 7.89. The zero-order valence-electron chi connectivity index (χ0n) is 17.7. The third kappa shape index (κ3) is 8.14. The summed E-state index contributed by atoms with van der Waals surface area (Å²) < 4.78 is 15.8. The van der Waals surface area contributed by atoms with Gasteiger partial charge in [-0.2, -0.15) is 0 Å². The average molecular weight is 418 g/mol. The third-order valence-corrected chi connectivity index (χ3v) is 4.50. The maximum absolute atomic E-state index is 11.8. The molecule has 0 aliphatic heterocycles. The maximum atomic E-state index is 11.8. The molecule has 1 aromatic rings. The second-order valence-electron chi connectivity index (χ2n) is 7.37. The highest BCUT2D eigenvalue weighted by atomic mass is 16.5. The van der Waals surface area contributed by atoms with Crippen molar-refractivity contribution < 1.29 is 28.6 Å². The molecular weight excluding hydrogens is 388 g/mol. The van der Waals surface area contributed by atoms with Crippen molar-refractivity contribution in [3.8, 4) is 11.5 Å². The summed E-state index contributed by atoms with van der Waals surface area (Å²) in [6.45, 7) is 3.30. The molecule has 1 aliphatic carbocycles. The highest BCUT2D eigenvalue weighted by molar-refractivity contribution is 5.96.